The molecule has 0 spiro atoms. The van der Waals surface area contributed by atoms with Crippen molar-refractivity contribution in [2.75, 3.05) is 0 Å². The van der Waals surface area contributed by atoms with E-state index in [-0.39, 0.29) is 0 Å². The zero-order valence-electron chi connectivity index (χ0n) is 5.57. The second kappa shape index (κ2) is 2.60. The first-order chi connectivity index (χ1) is 5.71. The number of rotatable bonds is 0. The monoisotopic (exact) mass is 206 g/mol. The van der Waals surface area contributed by atoms with Gasteiger partial charge >= 0.3 is 18.2 Å². The smallest absolute Gasteiger partial charge is 0.329 e. The van der Waals surface area contributed by atoms with Gasteiger partial charge in [-0.15, -0.1) is 0 Å². The van der Waals surface area contributed by atoms with Gasteiger partial charge in [0.15, 0.2) is 0 Å². The fourth-order valence-electron chi connectivity index (χ4n) is 0.454. The first kappa shape index (κ1) is 9.81. The van der Waals surface area contributed by atoms with Crippen LogP contribution in [0.5, 0.6) is 0 Å². The highest BCUT2D eigenvalue weighted by Gasteiger charge is 2.44. The van der Waals surface area contributed by atoms with Gasteiger partial charge in [-0.3, -0.25) is 0 Å². The van der Waals surface area contributed by atoms with E-state index < -0.39 is 24.1 Å². The summed E-state index contributed by atoms with van der Waals surface area (Å²) in [5.74, 6) is -3.96. The van der Waals surface area contributed by atoms with Gasteiger partial charge in [0.1, 0.15) is 0 Å². The minimum absolute atomic E-state index is 1.94. The average molecular weight is 206 g/mol. The molecule has 1 aromatic rings. The summed E-state index contributed by atoms with van der Waals surface area (Å²) in [5.41, 5.74) is 0. The van der Waals surface area contributed by atoms with Crippen LogP contribution in [0.1, 0.15) is 11.7 Å². The van der Waals surface area contributed by atoms with Crippen LogP contribution in [0.3, 0.4) is 0 Å². The van der Waals surface area contributed by atoms with E-state index in [1.165, 1.54) is 0 Å². The predicted octanol–water partition coefficient (Wildman–Crippen LogP) is 2.11. The van der Waals surface area contributed by atoms with E-state index in [4.69, 9.17) is 0 Å². The van der Waals surface area contributed by atoms with E-state index in [0.29, 0.717) is 0 Å². The molecule has 13 heavy (non-hydrogen) atoms. The summed E-state index contributed by atoms with van der Waals surface area (Å²) in [4.78, 5) is 2.12. The number of aromatic nitrogens is 2. The third-order valence-corrected chi connectivity index (χ3v) is 0.922. The highest BCUT2D eigenvalue weighted by molar-refractivity contribution is 4.93. The summed E-state index contributed by atoms with van der Waals surface area (Å²) in [6.07, 6.45) is -10.1. The third-order valence-electron chi connectivity index (χ3n) is 0.922. The van der Waals surface area contributed by atoms with Crippen molar-refractivity contribution in [2.45, 2.75) is 12.4 Å². The molecule has 0 bridgehead atoms. The summed E-state index contributed by atoms with van der Waals surface area (Å²) >= 11 is 0. The van der Waals surface area contributed by atoms with Gasteiger partial charge in [-0.2, -0.15) is 31.3 Å². The number of hydrogen-bond donors (Lipinski definition) is 0. The fourth-order valence-corrected chi connectivity index (χ4v) is 0.454. The lowest BCUT2D eigenvalue weighted by Crippen LogP contribution is -2.10. The van der Waals surface area contributed by atoms with Gasteiger partial charge < -0.3 is 4.52 Å². The van der Waals surface area contributed by atoms with Crippen molar-refractivity contribution in [1.82, 2.24) is 10.1 Å². The summed E-state index contributed by atoms with van der Waals surface area (Å²) < 4.78 is 73.1. The van der Waals surface area contributed by atoms with Crippen LogP contribution in [0.25, 0.3) is 0 Å². The summed E-state index contributed by atoms with van der Waals surface area (Å²) in [5, 5.41) is 2.12. The predicted molar refractivity (Wildman–Crippen MR) is 24.3 cm³/mol. The van der Waals surface area contributed by atoms with E-state index in [2.05, 4.69) is 14.7 Å². The molecule has 0 saturated heterocycles. The molecule has 0 unspecified atom stereocenters. The Bertz CT molecular complexity index is 270. The lowest BCUT2D eigenvalue weighted by atomic mass is 10.6. The molecule has 3 nitrogen and oxygen atoms in total. The van der Waals surface area contributed by atoms with Gasteiger partial charge in [-0.05, 0) is 0 Å². The average Bonchev–Trinajstić information content (AvgIpc) is 2.28. The van der Waals surface area contributed by atoms with E-state index in [1.807, 2.05) is 0 Å². The normalized spacial score (nSPS) is 13.4. The van der Waals surface area contributed by atoms with Crippen molar-refractivity contribution in [1.29, 1.82) is 0 Å². The first-order valence-electron chi connectivity index (χ1n) is 2.69. The Morgan fingerprint density at radius 3 is 1.69 bits per heavy atom. The molecule has 0 radical (unpaired) electrons. The maximum atomic E-state index is 11.6. The molecule has 0 aliphatic rings. The summed E-state index contributed by atoms with van der Waals surface area (Å²) in [6, 6.07) is 0. The molecule has 1 rings (SSSR count). The van der Waals surface area contributed by atoms with Crippen molar-refractivity contribution >= 4 is 0 Å². The molecular formula is C4F6N2O. The summed E-state index contributed by atoms with van der Waals surface area (Å²) in [6.45, 7) is 0. The Morgan fingerprint density at radius 2 is 1.46 bits per heavy atom. The Labute approximate surface area is 66.3 Å². The van der Waals surface area contributed by atoms with Gasteiger partial charge in [0.2, 0.25) is 0 Å². The SMILES string of the molecule is FC(F)(F)c1noc(C(F)(F)F)n1. The molecule has 0 atom stereocenters. The van der Waals surface area contributed by atoms with Crippen LogP contribution in [-0.4, -0.2) is 10.1 Å². The molecule has 1 heterocycles. The number of nitrogens with zero attached hydrogens (tertiary/aromatic N) is 2. The van der Waals surface area contributed by atoms with E-state index in [9.17, 15) is 26.3 Å². The third kappa shape index (κ3) is 2.10. The van der Waals surface area contributed by atoms with Crippen LogP contribution in [0.15, 0.2) is 4.52 Å². The minimum Gasteiger partial charge on any atom is -0.329 e. The van der Waals surface area contributed by atoms with Crippen LogP contribution in [0.4, 0.5) is 26.3 Å². The molecule has 0 aromatic carbocycles. The second-order valence-corrected chi connectivity index (χ2v) is 1.92. The van der Waals surface area contributed by atoms with E-state index in [1.54, 1.807) is 0 Å². The van der Waals surface area contributed by atoms with Crippen molar-refractivity contribution in [3.63, 3.8) is 0 Å². The van der Waals surface area contributed by atoms with E-state index >= 15 is 0 Å². The van der Waals surface area contributed by atoms with Crippen molar-refractivity contribution in [3.05, 3.63) is 11.7 Å². The zero-order chi connectivity index (χ0) is 10.3. The molecule has 0 aliphatic heterocycles. The molecule has 0 aliphatic carbocycles. The van der Waals surface area contributed by atoms with Crippen molar-refractivity contribution in [2.24, 2.45) is 0 Å². The lowest BCUT2D eigenvalue weighted by Gasteiger charge is -1.97. The number of halogens is 6. The first-order valence-corrected chi connectivity index (χ1v) is 2.69. The van der Waals surface area contributed by atoms with Crippen molar-refractivity contribution in [3.8, 4) is 0 Å². The van der Waals surface area contributed by atoms with Gasteiger partial charge in [0.25, 0.3) is 5.82 Å². The Kier molecular flexibility index (Phi) is 1.96. The number of alkyl halides is 6. The maximum absolute atomic E-state index is 11.6. The Balaban J connectivity index is 3.01. The summed E-state index contributed by atoms with van der Waals surface area (Å²) in [7, 11) is 0. The maximum Gasteiger partial charge on any atom is 0.471 e. The van der Waals surface area contributed by atoms with Gasteiger partial charge in [-0.1, -0.05) is 5.16 Å². The van der Waals surface area contributed by atoms with Gasteiger partial charge in [0.05, 0.1) is 0 Å². The highest BCUT2D eigenvalue weighted by atomic mass is 19.4. The molecule has 0 saturated carbocycles. The molecule has 0 fully saturated rings. The van der Waals surface area contributed by atoms with Gasteiger partial charge in [0, 0.05) is 0 Å². The van der Waals surface area contributed by atoms with E-state index in [0.717, 1.165) is 0 Å². The van der Waals surface area contributed by atoms with Crippen LogP contribution >= 0.6 is 0 Å². The molecule has 9 heteroatoms. The van der Waals surface area contributed by atoms with Crippen LogP contribution in [0, 0.1) is 0 Å². The molecular weight excluding hydrogens is 206 g/mol. The second-order valence-electron chi connectivity index (χ2n) is 1.92. The molecule has 74 valence electrons. The standard InChI is InChI=1S/C4F6N2O/c5-3(6,7)1-11-2(13-12-1)4(8,9)10. The minimum atomic E-state index is -5.06. The Hall–Kier alpha value is -1.28. The molecule has 0 amide bonds. The number of hydrogen-bond acceptors (Lipinski definition) is 3. The molecule has 1 aromatic heterocycles. The zero-order valence-corrected chi connectivity index (χ0v) is 5.57. The van der Waals surface area contributed by atoms with Crippen molar-refractivity contribution < 1.29 is 30.9 Å². The van der Waals surface area contributed by atoms with Crippen LogP contribution in [-0.2, 0) is 12.4 Å². The fraction of sp³-hybridized carbons (Fsp3) is 0.500. The largest absolute Gasteiger partial charge is 0.471 e. The highest BCUT2D eigenvalue weighted by Crippen LogP contribution is 2.31. The van der Waals surface area contributed by atoms with Gasteiger partial charge in [-0.25, -0.2) is 0 Å². The lowest BCUT2D eigenvalue weighted by molar-refractivity contribution is -0.159. The Morgan fingerprint density at radius 1 is 0.923 bits per heavy atom. The molecule has 0 N–H and O–H groups in total. The van der Waals surface area contributed by atoms with Crippen LogP contribution in [0.2, 0.25) is 0 Å². The van der Waals surface area contributed by atoms with Crippen LogP contribution < -0.4 is 0 Å². The topological polar surface area (TPSA) is 38.9 Å². The quantitative estimate of drug-likeness (QED) is 0.610.